The molecule has 11 heteroatoms. The number of anilines is 2. The molecule has 0 bridgehead atoms. The summed E-state index contributed by atoms with van der Waals surface area (Å²) in [6.45, 7) is 3.23. The lowest BCUT2D eigenvalue weighted by Crippen LogP contribution is -2.43. The molecule has 0 amide bonds. The van der Waals surface area contributed by atoms with Crippen LogP contribution in [0.5, 0.6) is 0 Å². The highest BCUT2D eigenvalue weighted by atomic mass is 35.5. The average molecular weight is 451 g/mol. The van der Waals surface area contributed by atoms with E-state index in [0.717, 1.165) is 48.5 Å². The van der Waals surface area contributed by atoms with E-state index in [1.165, 1.54) is 12.1 Å². The molecule has 7 nitrogen and oxygen atoms in total. The van der Waals surface area contributed by atoms with Crippen LogP contribution in [0.3, 0.4) is 0 Å². The molecule has 162 valence electrons. The van der Waals surface area contributed by atoms with Crippen LogP contribution < -0.4 is 15.5 Å². The van der Waals surface area contributed by atoms with Crippen LogP contribution >= 0.6 is 11.6 Å². The van der Waals surface area contributed by atoms with Crippen molar-refractivity contribution in [3.05, 3.63) is 40.2 Å². The van der Waals surface area contributed by atoms with E-state index in [0.29, 0.717) is 30.8 Å². The third kappa shape index (κ3) is 3.08. The molecule has 0 atom stereocenters. The fourth-order valence-corrected chi connectivity index (χ4v) is 4.55. The first-order valence-electron chi connectivity index (χ1n) is 10.1. The Morgan fingerprint density at radius 1 is 1.19 bits per heavy atom. The highest BCUT2D eigenvalue weighted by Gasteiger charge is 2.46. The summed E-state index contributed by atoms with van der Waals surface area (Å²) in [5.74, 6) is 2.45. The number of rotatable bonds is 5. The molecule has 6 rings (SSSR count). The highest BCUT2D eigenvalue weighted by molar-refractivity contribution is 6.30. The van der Waals surface area contributed by atoms with Crippen LogP contribution in [0.15, 0.2) is 22.6 Å². The molecule has 1 aromatic heterocycles. The summed E-state index contributed by atoms with van der Waals surface area (Å²) in [6.07, 6.45) is -3.69. The first-order chi connectivity index (χ1) is 14.9. The van der Waals surface area contributed by atoms with Crippen LogP contribution in [0, 0.1) is 5.92 Å². The van der Waals surface area contributed by atoms with Crippen molar-refractivity contribution in [1.29, 1.82) is 0 Å². The monoisotopic (exact) mass is 450 g/mol. The molecule has 1 fully saturated rings. The lowest BCUT2D eigenvalue weighted by molar-refractivity contribution is -0.138. The van der Waals surface area contributed by atoms with Gasteiger partial charge in [-0.3, -0.25) is 4.57 Å². The van der Waals surface area contributed by atoms with Crippen molar-refractivity contribution in [1.82, 2.24) is 20.1 Å². The maximum absolute atomic E-state index is 13.5. The number of alkyl halides is 3. The van der Waals surface area contributed by atoms with Gasteiger partial charge in [-0.15, -0.1) is 10.2 Å². The molecule has 0 unspecified atom stereocenters. The van der Waals surface area contributed by atoms with Gasteiger partial charge in [-0.2, -0.15) is 13.2 Å². The largest absolute Gasteiger partial charge is 0.419 e. The van der Waals surface area contributed by atoms with E-state index in [2.05, 4.69) is 20.8 Å². The van der Waals surface area contributed by atoms with Gasteiger partial charge in [0.05, 0.1) is 5.56 Å². The van der Waals surface area contributed by atoms with Gasteiger partial charge in [-0.25, -0.2) is 0 Å². The van der Waals surface area contributed by atoms with Gasteiger partial charge in [0.2, 0.25) is 5.89 Å². The van der Waals surface area contributed by atoms with E-state index in [1.54, 1.807) is 0 Å². The van der Waals surface area contributed by atoms with E-state index in [9.17, 15) is 13.2 Å². The second-order valence-electron chi connectivity index (χ2n) is 8.11. The minimum atomic E-state index is -4.43. The number of nitrogens with zero attached hydrogens (tertiary/aromatic N) is 4. The molecule has 1 saturated heterocycles. The number of aromatic nitrogens is 3. The first kappa shape index (κ1) is 19.0. The zero-order chi connectivity index (χ0) is 21.3. The summed E-state index contributed by atoms with van der Waals surface area (Å²) < 4.78 is 48.3. The van der Waals surface area contributed by atoms with Gasteiger partial charge in [0.25, 0.3) is 5.89 Å². The van der Waals surface area contributed by atoms with E-state index in [-0.39, 0.29) is 17.1 Å². The van der Waals surface area contributed by atoms with Gasteiger partial charge in [-0.1, -0.05) is 11.6 Å². The fraction of sp³-hybridized carbons (Fsp3) is 0.400. The third-order valence-electron chi connectivity index (χ3n) is 6.02. The molecule has 4 aliphatic rings. The Labute approximate surface area is 180 Å². The molecule has 0 spiro atoms. The molecule has 0 saturated carbocycles. The number of fused-ring (bicyclic) bond motifs is 4. The number of nitrogens with one attached hydrogen (secondary N) is 2. The maximum atomic E-state index is 13.5. The minimum Gasteiger partial charge on any atom is -0.419 e. The van der Waals surface area contributed by atoms with E-state index >= 15 is 0 Å². The van der Waals surface area contributed by atoms with Crippen LogP contribution in [-0.4, -0.2) is 40.9 Å². The quantitative estimate of drug-likeness (QED) is 0.483. The van der Waals surface area contributed by atoms with Gasteiger partial charge in [0.15, 0.2) is 0 Å². The summed E-state index contributed by atoms with van der Waals surface area (Å²) in [4.78, 5) is 1.95. The Kier molecular flexibility index (Phi) is 4.07. The summed E-state index contributed by atoms with van der Waals surface area (Å²) >= 11 is 6.00. The minimum absolute atomic E-state index is 0.115. The lowest BCUT2D eigenvalue weighted by Gasteiger charge is -2.35. The molecular weight excluding hydrogens is 433 g/mol. The van der Waals surface area contributed by atoms with Gasteiger partial charge >= 0.3 is 6.18 Å². The topological polar surface area (TPSA) is 71.2 Å². The normalized spacial score (nSPS) is 17.4. The molecule has 0 aliphatic carbocycles. The van der Waals surface area contributed by atoms with Gasteiger partial charge in [0, 0.05) is 31.1 Å². The van der Waals surface area contributed by atoms with Crippen molar-refractivity contribution >= 4 is 23.1 Å². The van der Waals surface area contributed by atoms with E-state index in [1.807, 2.05) is 9.47 Å². The Balaban J connectivity index is 1.28. The molecule has 2 aromatic rings. The van der Waals surface area contributed by atoms with Gasteiger partial charge in [-0.05, 0) is 42.8 Å². The van der Waals surface area contributed by atoms with Gasteiger partial charge < -0.3 is 20.0 Å². The van der Waals surface area contributed by atoms with E-state index in [4.69, 9.17) is 16.0 Å². The number of benzene rings is 1. The number of hydrogen-bond donors (Lipinski definition) is 2. The summed E-state index contributed by atoms with van der Waals surface area (Å²) in [5.41, 5.74) is 2.14. The average Bonchev–Trinajstić information content (AvgIpc) is 3.07. The Morgan fingerprint density at radius 3 is 2.77 bits per heavy atom. The number of halogens is 4. The van der Waals surface area contributed by atoms with Crippen molar-refractivity contribution in [3.63, 3.8) is 0 Å². The second kappa shape index (κ2) is 6.64. The highest BCUT2D eigenvalue weighted by Crippen LogP contribution is 2.58. The van der Waals surface area contributed by atoms with Crippen molar-refractivity contribution in [3.8, 4) is 17.3 Å². The molecule has 0 radical (unpaired) electrons. The van der Waals surface area contributed by atoms with Crippen molar-refractivity contribution in [2.24, 2.45) is 5.92 Å². The van der Waals surface area contributed by atoms with Crippen LogP contribution in [0.1, 0.15) is 17.0 Å². The maximum Gasteiger partial charge on any atom is 0.416 e. The Hall–Kier alpha value is -2.72. The van der Waals surface area contributed by atoms with Crippen LogP contribution in [0.25, 0.3) is 17.3 Å². The SMILES string of the molecule is FC(F)(F)c1ccc(Cl)cc1CN1CCNc2c1c1c(-c3nnc(CC4CNC4)o3)n2-1. The predicted molar refractivity (Wildman–Crippen MR) is 109 cm³/mol. The number of hydrogen-bond acceptors (Lipinski definition) is 6. The first-order valence-corrected chi connectivity index (χ1v) is 10.4. The van der Waals surface area contributed by atoms with Crippen LogP contribution in [0.2, 0.25) is 5.02 Å². The van der Waals surface area contributed by atoms with Crippen molar-refractivity contribution in [2.75, 3.05) is 36.4 Å². The van der Waals surface area contributed by atoms with Gasteiger partial charge in [0.1, 0.15) is 22.9 Å². The zero-order valence-corrected chi connectivity index (χ0v) is 17.0. The summed E-state index contributed by atoms with van der Waals surface area (Å²) in [6, 6.07) is 3.71. The molecule has 5 heterocycles. The van der Waals surface area contributed by atoms with Crippen LogP contribution in [-0.2, 0) is 19.1 Å². The summed E-state index contributed by atoms with van der Waals surface area (Å²) in [5, 5.41) is 15.1. The lowest BCUT2D eigenvalue weighted by atomic mass is 10.00. The Morgan fingerprint density at radius 2 is 2.03 bits per heavy atom. The Bertz CT molecular complexity index is 1180. The van der Waals surface area contributed by atoms with Crippen LogP contribution in [0.4, 0.5) is 24.7 Å². The molecule has 4 aliphatic heterocycles. The predicted octanol–water partition coefficient (Wildman–Crippen LogP) is 3.71. The zero-order valence-electron chi connectivity index (χ0n) is 16.3. The summed E-state index contributed by atoms with van der Waals surface area (Å²) in [7, 11) is 0. The third-order valence-corrected chi connectivity index (χ3v) is 6.25. The molecular formula is C20H18ClF3N6O. The fourth-order valence-electron chi connectivity index (χ4n) is 4.36. The second-order valence-corrected chi connectivity index (χ2v) is 8.54. The standard InChI is InChI=1S/C20H18ClF3N6O/c21-12-1-2-13(20(22,23)24)11(6-12)9-29-4-3-26-18-16(29)15-17(30(15)18)19-28-27-14(31-19)5-10-7-25-8-10/h1-2,6,10,25-26H,3-5,7-9H2. The smallest absolute Gasteiger partial charge is 0.416 e. The van der Waals surface area contributed by atoms with E-state index < -0.39 is 11.7 Å². The van der Waals surface area contributed by atoms with Crippen molar-refractivity contribution in [2.45, 2.75) is 19.1 Å². The molecule has 1 aromatic carbocycles. The molecule has 2 N–H and O–H groups in total. The van der Waals surface area contributed by atoms with Crippen molar-refractivity contribution < 1.29 is 17.6 Å². The molecule has 31 heavy (non-hydrogen) atoms.